The third-order valence-corrected chi connectivity index (χ3v) is 1.89. The monoisotopic (exact) mass is 189 g/mol. The first-order valence-corrected chi connectivity index (χ1v) is 3.49. The molecule has 6 heteroatoms. The number of rotatable bonds is 0. The van der Waals surface area contributed by atoms with Gasteiger partial charge in [0.15, 0.2) is 0 Å². The topological polar surface area (TPSA) is 12.0 Å². The van der Waals surface area contributed by atoms with Crippen molar-refractivity contribution < 1.29 is 22.0 Å². The van der Waals surface area contributed by atoms with Crippen molar-refractivity contribution in [2.24, 2.45) is 5.92 Å². The predicted molar refractivity (Wildman–Crippen MR) is 32.0 cm³/mol. The average molecular weight is 189 g/mol. The van der Waals surface area contributed by atoms with Gasteiger partial charge in [0.25, 0.3) is 5.92 Å². The smallest absolute Gasteiger partial charge is 0.316 e. The molecule has 1 atom stereocenters. The molecule has 12 heavy (non-hydrogen) atoms. The number of alkyl halides is 5. The van der Waals surface area contributed by atoms with Crippen molar-refractivity contribution in [3.63, 3.8) is 0 Å². The number of hydrogen-bond acceptors (Lipinski definition) is 1. The molecule has 1 nitrogen and oxygen atoms in total. The van der Waals surface area contributed by atoms with E-state index in [2.05, 4.69) is 5.32 Å². The Morgan fingerprint density at radius 2 is 1.83 bits per heavy atom. The van der Waals surface area contributed by atoms with Crippen LogP contribution in [0, 0.1) is 5.92 Å². The van der Waals surface area contributed by atoms with Crippen molar-refractivity contribution in [2.45, 2.75) is 18.5 Å². The molecule has 72 valence electrons. The predicted octanol–water partition coefficient (Wildman–Crippen LogP) is 1.79. The van der Waals surface area contributed by atoms with Gasteiger partial charge >= 0.3 is 6.18 Å². The fourth-order valence-electron chi connectivity index (χ4n) is 1.18. The highest BCUT2D eigenvalue weighted by molar-refractivity contribution is 4.88. The Morgan fingerprint density at radius 3 is 2.17 bits per heavy atom. The second-order valence-electron chi connectivity index (χ2n) is 2.81. The minimum absolute atomic E-state index is 0.0560. The van der Waals surface area contributed by atoms with Gasteiger partial charge in [-0.05, 0) is 0 Å². The van der Waals surface area contributed by atoms with Crippen LogP contribution in [0.15, 0.2) is 0 Å². The molecule has 0 aromatic carbocycles. The van der Waals surface area contributed by atoms with Crippen LogP contribution in [0.2, 0.25) is 0 Å². The van der Waals surface area contributed by atoms with Crippen molar-refractivity contribution in [3.8, 4) is 0 Å². The van der Waals surface area contributed by atoms with Crippen LogP contribution in [-0.2, 0) is 0 Å². The van der Waals surface area contributed by atoms with E-state index in [-0.39, 0.29) is 6.54 Å². The largest absolute Gasteiger partial charge is 0.398 e. The van der Waals surface area contributed by atoms with Gasteiger partial charge in [0, 0.05) is 19.5 Å². The summed E-state index contributed by atoms with van der Waals surface area (Å²) in [5, 5.41) is 2.30. The highest BCUT2D eigenvalue weighted by Gasteiger charge is 2.56. The fraction of sp³-hybridized carbons (Fsp3) is 1.00. The zero-order valence-corrected chi connectivity index (χ0v) is 6.09. The Labute approximate surface area is 65.9 Å². The summed E-state index contributed by atoms with van der Waals surface area (Å²) in [4.78, 5) is 0. The maximum absolute atomic E-state index is 12.6. The summed E-state index contributed by atoms with van der Waals surface area (Å²) in [5.41, 5.74) is 0. The highest BCUT2D eigenvalue weighted by Crippen LogP contribution is 2.41. The van der Waals surface area contributed by atoms with Crippen LogP contribution in [0.3, 0.4) is 0 Å². The quantitative estimate of drug-likeness (QED) is 0.573. The van der Waals surface area contributed by atoms with E-state index in [4.69, 9.17) is 0 Å². The first-order valence-electron chi connectivity index (χ1n) is 3.49. The van der Waals surface area contributed by atoms with Crippen LogP contribution in [0.1, 0.15) is 6.42 Å². The zero-order valence-electron chi connectivity index (χ0n) is 6.09. The lowest BCUT2D eigenvalue weighted by atomic mass is 9.94. The van der Waals surface area contributed by atoms with Crippen LogP contribution >= 0.6 is 0 Å². The molecule has 0 amide bonds. The molecule has 1 heterocycles. The van der Waals surface area contributed by atoms with E-state index in [0.29, 0.717) is 0 Å². The maximum atomic E-state index is 12.6. The Hall–Kier alpha value is -0.390. The van der Waals surface area contributed by atoms with Crippen LogP contribution in [0.5, 0.6) is 0 Å². The van der Waals surface area contributed by atoms with Gasteiger partial charge in [0.1, 0.15) is 5.92 Å². The lowest BCUT2D eigenvalue weighted by Crippen LogP contribution is -2.51. The van der Waals surface area contributed by atoms with E-state index in [1.807, 2.05) is 0 Å². The highest BCUT2D eigenvalue weighted by atomic mass is 19.4. The molecule has 0 aliphatic carbocycles. The van der Waals surface area contributed by atoms with Gasteiger partial charge in [0.05, 0.1) is 0 Å². The summed E-state index contributed by atoms with van der Waals surface area (Å²) >= 11 is 0. The number of piperidine rings is 1. The molecule has 0 spiro atoms. The number of hydrogen-bond donors (Lipinski definition) is 1. The Bertz CT molecular complexity index is 164. The van der Waals surface area contributed by atoms with E-state index in [1.54, 1.807) is 0 Å². The first-order chi connectivity index (χ1) is 5.34. The van der Waals surface area contributed by atoms with Crippen molar-refractivity contribution >= 4 is 0 Å². The third-order valence-electron chi connectivity index (χ3n) is 1.89. The second kappa shape index (κ2) is 2.83. The lowest BCUT2D eigenvalue weighted by molar-refractivity contribution is -0.245. The normalized spacial score (nSPS) is 30.2. The van der Waals surface area contributed by atoms with E-state index < -0.39 is 31.0 Å². The standard InChI is InChI=1S/C6H8F5N/c7-5(8)1-2-12-3-4(5)6(9,10)11/h4,12H,1-3H2. The van der Waals surface area contributed by atoms with Crippen LogP contribution in [-0.4, -0.2) is 25.2 Å². The van der Waals surface area contributed by atoms with Crippen molar-refractivity contribution in [1.29, 1.82) is 0 Å². The second-order valence-corrected chi connectivity index (χ2v) is 2.81. The molecule has 1 aliphatic rings. The summed E-state index contributed by atoms with van der Waals surface area (Å²) in [6, 6.07) is 0. The van der Waals surface area contributed by atoms with E-state index >= 15 is 0 Å². The van der Waals surface area contributed by atoms with Crippen LogP contribution < -0.4 is 5.32 Å². The summed E-state index contributed by atoms with van der Waals surface area (Å²) in [6.07, 6.45) is -5.55. The molecule has 0 radical (unpaired) electrons. The molecule has 1 unspecified atom stereocenters. The molecular formula is C6H8F5N. The summed E-state index contributed by atoms with van der Waals surface area (Å²) < 4.78 is 61.0. The lowest BCUT2D eigenvalue weighted by Gasteiger charge is -2.32. The summed E-state index contributed by atoms with van der Waals surface area (Å²) in [6.45, 7) is -0.740. The minimum atomic E-state index is -4.81. The number of nitrogens with one attached hydrogen (secondary N) is 1. The average Bonchev–Trinajstić information content (AvgIpc) is 1.83. The molecule has 1 N–H and O–H groups in total. The molecule has 1 rings (SSSR count). The third kappa shape index (κ3) is 1.85. The molecule has 0 aromatic rings. The van der Waals surface area contributed by atoms with Crippen LogP contribution in [0.4, 0.5) is 22.0 Å². The van der Waals surface area contributed by atoms with Gasteiger partial charge in [-0.15, -0.1) is 0 Å². The molecule has 0 aromatic heterocycles. The molecule has 1 fully saturated rings. The molecule has 0 bridgehead atoms. The van der Waals surface area contributed by atoms with Gasteiger partial charge in [0.2, 0.25) is 0 Å². The Balaban J connectivity index is 2.73. The van der Waals surface area contributed by atoms with Gasteiger partial charge in [-0.1, -0.05) is 0 Å². The molecule has 1 aliphatic heterocycles. The fourth-order valence-corrected chi connectivity index (χ4v) is 1.18. The summed E-state index contributed by atoms with van der Waals surface area (Å²) in [7, 11) is 0. The van der Waals surface area contributed by atoms with E-state index in [0.717, 1.165) is 0 Å². The molecule has 0 saturated carbocycles. The zero-order chi connectivity index (χ0) is 9.41. The SMILES string of the molecule is FC(F)(F)C1CNCCC1(F)F. The Kier molecular flexibility index (Phi) is 2.29. The molecule has 1 saturated heterocycles. The van der Waals surface area contributed by atoms with Gasteiger partial charge in [-0.25, -0.2) is 8.78 Å². The van der Waals surface area contributed by atoms with Crippen molar-refractivity contribution in [2.75, 3.05) is 13.1 Å². The minimum Gasteiger partial charge on any atom is -0.316 e. The van der Waals surface area contributed by atoms with Crippen molar-refractivity contribution in [1.82, 2.24) is 5.32 Å². The van der Waals surface area contributed by atoms with Gasteiger partial charge < -0.3 is 5.32 Å². The van der Waals surface area contributed by atoms with Crippen molar-refractivity contribution in [3.05, 3.63) is 0 Å². The van der Waals surface area contributed by atoms with E-state index in [9.17, 15) is 22.0 Å². The summed E-state index contributed by atoms with van der Waals surface area (Å²) in [5.74, 6) is -6.14. The van der Waals surface area contributed by atoms with Gasteiger partial charge in [-0.2, -0.15) is 13.2 Å². The molecular weight excluding hydrogens is 181 g/mol. The Morgan fingerprint density at radius 1 is 1.25 bits per heavy atom. The maximum Gasteiger partial charge on any atom is 0.398 e. The first kappa shape index (κ1) is 9.70. The van der Waals surface area contributed by atoms with Gasteiger partial charge in [-0.3, -0.25) is 0 Å². The van der Waals surface area contributed by atoms with Crippen LogP contribution in [0.25, 0.3) is 0 Å². The van der Waals surface area contributed by atoms with E-state index in [1.165, 1.54) is 0 Å². The number of halogens is 5.